The van der Waals surface area contributed by atoms with Crippen LogP contribution < -0.4 is 11.0 Å². The molecule has 5 rings (SSSR count). The van der Waals surface area contributed by atoms with Crippen LogP contribution >= 0.6 is 0 Å². The van der Waals surface area contributed by atoms with Crippen LogP contribution in [0.15, 0.2) is 41.5 Å². The Morgan fingerprint density at radius 1 is 1.09 bits per heavy atom. The lowest BCUT2D eigenvalue weighted by atomic mass is 9.90. The van der Waals surface area contributed by atoms with E-state index in [2.05, 4.69) is 31.3 Å². The third-order valence-corrected chi connectivity index (χ3v) is 7.06. The van der Waals surface area contributed by atoms with Gasteiger partial charge in [0, 0.05) is 37.6 Å². The molecule has 2 aliphatic heterocycles. The molecule has 3 aromatic heterocycles. The lowest BCUT2D eigenvalue weighted by molar-refractivity contribution is 0.0820. The molecule has 0 aromatic carbocycles. The SMILES string of the molecule is CCc1cc2ncc(CN3CCC(c4ccc(C(=O)NN5CCCC5)nc4)CC3)cc2[nH]c1=O. The quantitative estimate of drug-likeness (QED) is 0.587. The van der Waals surface area contributed by atoms with E-state index >= 15 is 0 Å². The summed E-state index contributed by atoms with van der Waals surface area (Å²) >= 11 is 0. The highest BCUT2D eigenvalue weighted by Crippen LogP contribution is 2.28. The Labute approximate surface area is 199 Å². The van der Waals surface area contributed by atoms with Crippen molar-refractivity contribution < 1.29 is 4.79 Å². The minimum atomic E-state index is -0.125. The van der Waals surface area contributed by atoms with Crippen LogP contribution in [0.1, 0.15) is 65.7 Å². The van der Waals surface area contributed by atoms with Crippen molar-refractivity contribution in [3.8, 4) is 0 Å². The molecule has 0 atom stereocenters. The molecule has 3 aromatic rings. The number of rotatable bonds is 6. The van der Waals surface area contributed by atoms with E-state index in [9.17, 15) is 9.59 Å². The maximum absolute atomic E-state index is 12.4. The van der Waals surface area contributed by atoms with Crippen molar-refractivity contribution in [2.45, 2.75) is 51.5 Å². The van der Waals surface area contributed by atoms with Crippen LogP contribution in [0.4, 0.5) is 0 Å². The average Bonchev–Trinajstić information content (AvgIpc) is 3.37. The number of aromatic amines is 1. The van der Waals surface area contributed by atoms with Crippen molar-refractivity contribution in [3.05, 3.63) is 69.4 Å². The fourth-order valence-electron chi connectivity index (χ4n) is 5.01. The number of aromatic nitrogens is 3. The van der Waals surface area contributed by atoms with Gasteiger partial charge in [-0.3, -0.25) is 29.9 Å². The normalized spacial score (nSPS) is 17.9. The average molecular weight is 461 g/mol. The number of nitrogens with zero attached hydrogens (tertiary/aromatic N) is 4. The first-order valence-corrected chi connectivity index (χ1v) is 12.3. The molecule has 178 valence electrons. The Kier molecular flexibility index (Phi) is 6.69. The minimum absolute atomic E-state index is 0.0251. The van der Waals surface area contributed by atoms with Crippen LogP contribution in [0.25, 0.3) is 11.0 Å². The van der Waals surface area contributed by atoms with E-state index < -0.39 is 0 Å². The molecule has 0 radical (unpaired) electrons. The van der Waals surface area contributed by atoms with E-state index in [1.807, 2.05) is 42.5 Å². The summed E-state index contributed by atoms with van der Waals surface area (Å²) in [6.45, 7) is 6.60. The molecule has 8 heteroatoms. The van der Waals surface area contributed by atoms with Gasteiger partial charge in [0.2, 0.25) is 0 Å². The molecule has 0 unspecified atom stereocenters. The molecule has 0 saturated carbocycles. The zero-order valence-electron chi connectivity index (χ0n) is 19.7. The van der Waals surface area contributed by atoms with Crippen molar-refractivity contribution in [2.24, 2.45) is 0 Å². The summed E-state index contributed by atoms with van der Waals surface area (Å²) in [5, 5.41) is 1.97. The molecule has 0 spiro atoms. The fraction of sp³-hybridized carbons (Fsp3) is 0.462. The smallest absolute Gasteiger partial charge is 0.284 e. The van der Waals surface area contributed by atoms with Gasteiger partial charge in [0.05, 0.1) is 11.0 Å². The molecule has 2 saturated heterocycles. The number of pyridine rings is 3. The summed E-state index contributed by atoms with van der Waals surface area (Å²) in [6.07, 6.45) is 8.85. The van der Waals surface area contributed by atoms with E-state index in [1.165, 1.54) is 5.56 Å². The molecular formula is C26H32N6O2. The fourth-order valence-corrected chi connectivity index (χ4v) is 5.01. The summed E-state index contributed by atoms with van der Waals surface area (Å²) < 4.78 is 0. The highest BCUT2D eigenvalue weighted by atomic mass is 16.2. The monoisotopic (exact) mass is 460 g/mol. The number of amides is 1. The highest BCUT2D eigenvalue weighted by molar-refractivity contribution is 5.91. The largest absolute Gasteiger partial charge is 0.320 e. The second kappa shape index (κ2) is 10.0. The van der Waals surface area contributed by atoms with Gasteiger partial charge in [0.25, 0.3) is 11.5 Å². The number of carbonyl (C=O) groups excluding carboxylic acids is 1. The van der Waals surface area contributed by atoms with Gasteiger partial charge in [-0.05, 0) is 80.4 Å². The van der Waals surface area contributed by atoms with Gasteiger partial charge in [-0.2, -0.15) is 0 Å². The number of aryl methyl sites for hydroxylation is 1. The topological polar surface area (TPSA) is 94.2 Å². The summed E-state index contributed by atoms with van der Waals surface area (Å²) in [5.74, 6) is 0.331. The van der Waals surface area contributed by atoms with Gasteiger partial charge in [-0.15, -0.1) is 0 Å². The van der Waals surface area contributed by atoms with Gasteiger partial charge in [0.15, 0.2) is 0 Å². The number of fused-ring (bicyclic) bond motifs is 1. The van der Waals surface area contributed by atoms with Gasteiger partial charge < -0.3 is 4.98 Å². The van der Waals surface area contributed by atoms with Crippen molar-refractivity contribution >= 4 is 16.9 Å². The van der Waals surface area contributed by atoms with Crippen molar-refractivity contribution in [1.29, 1.82) is 0 Å². The summed E-state index contributed by atoms with van der Waals surface area (Å²) in [6, 6.07) is 7.84. The second-order valence-electron chi connectivity index (χ2n) is 9.42. The van der Waals surface area contributed by atoms with Crippen LogP contribution in [-0.4, -0.2) is 56.9 Å². The number of piperidine rings is 1. The zero-order chi connectivity index (χ0) is 23.5. The Hall–Kier alpha value is -3.10. The lowest BCUT2D eigenvalue weighted by Gasteiger charge is -2.32. The van der Waals surface area contributed by atoms with E-state index in [0.717, 1.165) is 80.6 Å². The Morgan fingerprint density at radius 3 is 2.59 bits per heavy atom. The Balaban J connectivity index is 1.16. The summed E-state index contributed by atoms with van der Waals surface area (Å²) in [4.78, 5) is 39.0. The molecule has 5 heterocycles. The molecule has 0 bridgehead atoms. The van der Waals surface area contributed by atoms with E-state index in [0.29, 0.717) is 18.0 Å². The van der Waals surface area contributed by atoms with E-state index in [1.54, 1.807) is 0 Å². The van der Waals surface area contributed by atoms with Crippen LogP contribution in [0, 0.1) is 0 Å². The first-order chi connectivity index (χ1) is 16.6. The number of hydrazine groups is 1. The maximum Gasteiger partial charge on any atom is 0.284 e. The number of hydrogen-bond donors (Lipinski definition) is 2. The molecular weight excluding hydrogens is 428 g/mol. The lowest BCUT2D eigenvalue weighted by Crippen LogP contribution is -2.40. The van der Waals surface area contributed by atoms with Gasteiger partial charge in [-0.25, -0.2) is 5.01 Å². The van der Waals surface area contributed by atoms with Gasteiger partial charge in [0.1, 0.15) is 5.69 Å². The third-order valence-electron chi connectivity index (χ3n) is 7.06. The molecule has 2 N–H and O–H groups in total. The predicted octanol–water partition coefficient (Wildman–Crippen LogP) is 3.00. The minimum Gasteiger partial charge on any atom is -0.320 e. The number of hydrogen-bond acceptors (Lipinski definition) is 6. The van der Waals surface area contributed by atoms with Crippen LogP contribution in [0.3, 0.4) is 0 Å². The molecule has 8 nitrogen and oxygen atoms in total. The molecule has 0 aliphatic carbocycles. The number of nitrogens with one attached hydrogen (secondary N) is 2. The summed E-state index contributed by atoms with van der Waals surface area (Å²) in [7, 11) is 0. The highest BCUT2D eigenvalue weighted by Gasteiger charge is 2.22. The summed E-state index contributed by atoms with van der Waals surface area (Å²) in [5.41, 5.74) is 8.11. The third kappa shape index (κ3) is 5.03. The number of carbonyl (C=O) groups is 1. The second-order valence-corrected chi connectivity index (χ2v) is 9.42. The Morgan fingerprint density at radius 2 is 1.88 bits per heavy atom. The van der Waals surface area contributed by atoms with Crippen molar-refractivity contribution in [2.75, 3.05) is 26.2 Å². The van der Waals surface area contributed by atoms with Crippen molar-refractivity contribution in [3.63, 3.8) is 0 Å². The van der Waals surface area contributed by atoms with Crippen LogP contribution in [0.2, 0.25) is 0 Å². The first kappa shape index (κ1) is 22.7. The Bertz CT molecular complexity index is 1210. The van der Waals surface area contributed by atoms with Gasteiger partial charge >= 0.3 is 0 Å². The molecule has 34 heavy (non-hydrogen) atoms. The van der Waals surface area contributed by atoms with Crippen molar-refractivity contribution in [1.82, 2.24) is 30.3 Å². The van der Waals surface area contributed by atoms with Gasteiger partial charge in [-0.1, -0.05) is 13.0 Å². The molecule has 2 fully saturated rings. The molecule has 2 aliphatic rings. The molecule has 1 amide bonds. The number of H-pyrrole nitrogens is 1. The van der Waals surface area contributed by atoms with E-state index in [-0.39, 0.29) is 11.5 Å². The van der Waals surface area contributed by atoms with Crippen LogP contribution in [0.5, 0.6) is 0 Å². The van der Waals surface area contributed by atoms with E-state index in [4.69, 9.17) is 0 Å². The standard InChI is InChI=1S/C26H32N6O2/c1-2-19-14-23-24(29-25(19)33)13-18(15-27-23)17-31-11-7-20(8-12-31)21-5-6-22(28-16-21)26(34)30-32-9-3-4-10-32/h5-6,13-16,20H,2-4,7-12,17H2,1H3,(H,29,33)(H,30,34). The van der Waals surface area contributed by atoms with Crippen LogP contribution in [-0.2, 0) is 13.0 Å². The predicted molar refractivity (Wildman–Crippen MR) is 132 cm³/mol. The maximum atomic E-state index is 12.4. The zero-order valence-corrected chi connectivity index (χ0v) is 19.7. The number of likely N-dealkylation sites (tertiary alicyclic amines) is 1. The first-order valence-electron chi connectivity index (χ1n) is 12.3.